The highest BCUT2D eigenvalue weighted by molar-refractivity contribution is 5.92. The number of amides is 1. The number of pyridine rings is 1. The Morgan fingerprint density at radius 2 is 1.96 bits per heavy atom. The molecule has 0 aliphatic carbocycles. The molecular formula is C16H19F2N5O. The van der Waals surface area contributed by atoms with Crippen molar-refractivity contribution in [2.24, 2.45) is 7.05 Å². The van der Waals surface area contributed by atoms with Gasteiger partial charge in [0.25, 0.3) is 12.3 Å². The van der Waals surface area contributed by atoms with Crippen LogP contribution in [0.3, 0.4) is 0 Å². The lowest BCUT2D eigenvalue weighted by molar-refractivity contribution is 0.0740. The molecule has 0 N–H and O–H groups in total. The summed E-state index contributed by atoms with van der Waals surface area (Å²) in [5, 5.41) is 3.92. The number of alkyl halides is 2. The van der Waals surface area contributed by atoms with E-state index >= 15 is 0 Å². The Morgan fingerprint density at radius 1 is 1.25 bits per heavy atom. The molecule has 0 radical (unpaired) electrons. The van der Waals surface area contributed by atoms with Gasteiger partial charge in [-0.05, 0) is 24.6 Å². The molecule has 128 valence electrons. The van der Waals surface area contributed by atoms with E-state index in [4.69, 9.17) is 0 Å². The Bertz CT molecular complexity index is 738. The summed E-state index contributed by atoms with van der Waals surface area (Å²) in [5.41, 5.74) is 2.01. The van der Waals surface area contributed by atoms with Crippen LogP contribution in [0.15, 0.2) is 24.5 Å². The van der Waals surface area contributed by atoms with E-state index in [2.05, 4.69) is 15.0 Å². The summed E-state index contributed by atoms with van der Waals surface area (Å²) < 4.78 is 26.7. The highest BCUT2D eigenvalue weighted by atomic mass is 19.3. The minimum Gasteiger partial charge on any atom is -0.367 e. The zero-order valence-corrected chi connectivity index (χ0v) is 13.6. The molecule has 0 bridgehead atoms. The molecule has 0 saturated carbocycles. The molecule has 24 heavy (non-hydrogen) atoms. The molecule has 6 nitrogen and oxygen atoms in total. The molecule has 0 atom stereocenters. The predicted octanol–water partition coefficient (Wildman–Crippen LogP) is 2.02. The van der Waals surface area contributed by atoms with Gasteiger partial charge in [0.15, 0.2) is 5.69 Å². The van der Waals surface area contributed by atoms with E-state index in [0.29, 0.717) is 26.2 Å². The lowest BCUT2D eigenvalue weighted by Crippen LogP contribution is -2.49. The number of hydrogen-bond donors (Lipinski definition) is 0. The summed E-state index contributed by atoms with van der Waals surface area (Å²) in [4.78, 5) is 20.4. The van der Waals surface area contributed by atoms with E-state index in [9.17, 15) is 13.6 Å². The van der Waals surface area contributed by atoms with E-state index in [1.54, 1.807) is 11.1 Å². The molecule has 1 aliphatic rings. The highest BCUT2D eigenvalue weighted by Gasteiger charge is 2.26. The molecule has 1 saturated heterocycles. The van der Waals surface area contributed by atoms with Crippen LogP contribution in [0.4, 0.5) is 14.5 Å². The van der Waals surface area contributed by atoms with E-state index in [1.807, 2.05) is 19.2 Å². The Hall–Kier alpha value is -2.51. The Kier molecular flexibility index (Phi) is 4.46. The van der Waals surface area contributed by atoms with Crippen LogP contribution in [-0.4, -0.2) is 51.8 Å². The minimum absolute atomic E-state index is 0.0683. The summed E-state index contributed by atoms with van der Waals surface area (Å²) in [6.07, 6.45) is 0.926. The zero-order valence-electron chi connectivity index (χ0n) is 13.6. The third-order valence-electron chi connectivity index (χ3n) is 4.28. The molecule has 3 heterocycles. The van der Waals surface area contributed by atoms with Crippen molar-refractivity contribution in [3.63, 3.8) is 0 Å². The van der Waals surface area contributed by atoms with Crippen molar-refractivity contribution in [3.8, 4) is 0 Å². The largest absolute Gasteiger partial charge is 0.367 e. The fourth-order valence-electron chi connectivity index (χ4n) is 2.89. The van der Waals surface area contributed by atoms with Crippen molar-refractivity contribution < 1.29 is 13.6 Å². The Morgan fingerprint density at radius 3 is 2.54 bits per heavy atom. The number of aryl methyl sites for hydroxylation is 2. The predicted molar refractivity (Wildman–Crippen MR) is 85.3 cm³/mol. The van der Waals surface area contributed by atoms with Crippen LogP contribution < -0.4 is 4.90 Å². The topological polar surface area (TPSA) is 54.3 Å². The first kappa shape index (κ1) is 16.4. The third-order valence-corrected chi connectivity index (χ3v) is 4.28. The van der Waals surface area contributed by atoms with E-state index in [0.717, 1.165) is 15.9 Å². The van der Waals surface area contributed by atoms with E-state index in [1.165, 1.54) is 13.1 Å². The van der Waals surface area contributed by atoms with Crippen molar-refractivity contribution in [2.75, 3.05) is 31.1 Å². The summed E-state index contributed by atoms with van der Waals surface area (Å²) in [5.74, 6) is -0.306. The fraction of sp³-hybridized carbons (Fsp3) is 0.438. The van der Waals surface area contributed by atoms with Gasteiger partial charge in [0.1, 0.15) is 5.69 Å². The number of nitrogens with zero attached hydrogens (tertiary/aromatic N) is 5. The fourth-order valence-corrected chi connectivity index (χ4v) is 2.89. The van der Waals surface area contributed by atoms with Crippen molar-refractivity contribution in [3.05, 3.63) is 41.5 Å². The molecule has 3 rings (SSSR count). The number of rotatable bonds is 3. The average Bonchev–Trinajstić information content (AvgIpc) is 2.97. The second-order valence-corrected chi connectivity index (χ2v) is 5.82. The number of carbonyl (C=O) groups excluding carboxylic acids is 1. The van der Waals surface area contributed by atoms with Gasteiger partial charge >= 0.3 is 0 Å². The number of carbonyl (C=O) groups is 1. The smallest absolute Gasteiger partial charge is 0.280 e. The quantitative estimate of drug-likeness (QED) is 0.861. The van der Waals surface area contributed by atoms with Gasteiger partial charge in [0.2, 0.25) is 0 Å². The van der Waals surface area contributed by atoms with Gasteiger partial charge in [-0.15, -0.1) is 0 Å². The van der Waals surface area contributed by atoms with Crippen LogP contribution in [0.2, 0.25) is 0 Å². The molecule has 0 unspecified atom stereocenters. The third kappa shape index (κ3) is 3.08. The first-order chi connectivity index (χ1) is 11.5. The second kappa shape index (κ2) is 6.54. The Labute approximate surface area is 138 Å². The SMILES string of the molecule is Cc1ccncc1N1CCN(C(=O)c2cc(C(F)F)n(C)n2)CC1. The van der Waals surface area contributed by atoms with Crippen molar-refractivity contribution in [1.82, 2.24) is 19.7 Å². The minimum atomic E-state index is -2.64. The first-order valence-corrected chi connectivity index (χ1v) is 7.74. The number of hydrogen-bond acceptors (Lipinski definition) is 4. The van der Waals surface area contributed by atoms with Crippen LogP contribution >= 0.6 is 0 Å². The van der Waals surface area contributed by atoms with E-state index < -0.39 is 6.43 Å². The molecule has 1 fully saturated rings. The van der Waals surface area contributed by atoms with Gasteiger partial charge < -0.3 is 9.80 Å². The molecule has 1 aliphatic heterocycles. The summed E-state index contributed by atoms with van der Waals surface area (Å²) in [7, 11) is 1.42. The van der Waals surface area contributed by atoms with Gasteiger partial charge in [-0.25, -0.2) is 8.78 Å². The molecule has 2 aromatic rings. The lowest BCUT2D eigenvalue weighted by atomic mass is 10.2. The molecule has 8 heteroatoms. The van der Waals surface area contributed by atoms with Gasteiger partial charge in [-0.1, -0.05) is 0 Å². The van der Waals surface area contributed by atoms with Crippen LogP contribution in [0.1, 0.15) is 28.2 Å². The number of piperazine rings is 1. The second-order valence-electron chi connectivity index (χ2n) is 5.82. The highest BCUT2D eigenvalue weighted by Crippen LogP contribution is 2.22. The van der Waals surface area contributed by atoms with Gasteiger partial charge in [0.05, 0.1) is 11.9 Å². The summed E-state index contributed by atoms with van der Waals surface area (Å²) in [6, 6.07) is 3.12. The monoisotopic (exact) mass is 335 g/mol. The first-order valence-electron chi connectivity index (χ1n) is 7.74. The lowest BCUT2D eigenvalue weighted by Gasteiger charge is -2.36. The van der Waals surface area contributed by atoms with Crippen LogP contribution in [0, 0.1) is 6.92 Å². The van der Waals surface area contributed by atoms with Crippen LogP contribution in [0.5, 0.6) is 0 Å². The number of aromatic nitrogens is 3. The molecule has 0 aromatic carbocycles. The molecule has 0 spiro atoms. The van der Waals surface area contributed by atoms with Gasteiger partial charge in [-0.3, -0.25) is 14.5 Å². The van der Waals surface area contributed by atoms with Crippen molar-refractivity contribution >= 4 is 11.6 Å². The normalized spacial score (nSPS) is 15.2. The van der Waals surface area contributed by atoms with Crippen molar-refractivity contribution in [1.29, 1.82) is 0 Å². The van der Waals surface area contributed by atoms with Crippen molar-refractivity contribution in [2.45, 2.75) is 13.3 Å². The maximum atomic E-state index is 12.8. The van der Waals surface area contributed by atoms with Crippen LogP contribution in [-0.2, 0) is 7.05 Å². The zero-order chi connectivity index (χ0) is 17.3. The molecule has 1 amide bonds. The van der Waals surface area contributed by atoms with Gasteiger partial charge in [-0.2, -0.15) is 5.10 Å². The Balaban J connectivity index is 1.67. The van der Waals surface area contributed by atoms with E-state index in [-0.39, 0.29) is 17.3 Å². The summed E-state index contributed by atoms with van der Waals surface area (Å²) in [6.45, 7) is 4.41. The maximum Gasteiger partial charge on any atom is 0.280 e. The standard InChI is InChI=1S/C16H19F2N5O/c1-11-3-4-19-10-14(11)22-5-7-23(8-6-22)16(24)12-9-13(15(17)18)21(2)20-12/h3-4,9-10,15H,5-8H2,1-2H3. The maximum absolute atomic E-state index is 12.8. The average molecular weight is 335 g/mol. The van der Waals surface area contributed by atoms with Crippen LogP contribution in [0.25, 0.3) is 0 Å². The number of halogens is 2. The summed E-state index contributed by atoms with van der Waals surface area (Å²) >= 11 is 0. The number of anilines is 1. The molecular weight excluding hydrogens is 316 g/mol. The molecule has 2 aromatic heterocycles. The van der Waals surface area contributed by atoms with Gasteiger partial charge in [0, 0.05) is 39.4 Å².